The van der Waals surface area contributed by atoms with Crippen LogP contribution in [0.1, 0.15) is 23.1 Å². The number of rotatable bonds is 3. The smallest absolute Gasteiger partial charge is 0.0594 e. The van der Waals surface area contributed by atoms with Crippen LogP contribution in [0.15, 0.2) is 18.2 Å². The highest BCUT2D eigenvalue weighted by Gasteiger charge is 2.28. The summed E-state index contributed by atoms with van der Waals surface area (Å²) in [5.74, 6) is 0. The summed E-state index contributed by atoms with van der Waals surface area (Å²) in [6.07, 6.45) is 1.31. The number of morpholine rings is 1. The molecule has 0 aliphatic carbocycles. The molecule has 0 bridgehead atoms. The molecule has 0 amide bonds. The predicted octanol–water partition coefficient (Wildman–Crippen LogP) is 2.21. The summed E-state index contributed by atoms with van der Waals surface area (Å²) >= 11 is 0. The first-order valence-corrected chi connectivity index (χ1v) is 7.82. The summed E-state index contributed by atoms with van der Waals surface area (Å²) in [6.45, 7) is 12.0. The summed E-state index contributed by atoms with van der Waals surface area (Å²) in [5.41, 5.74) is 4.27. The van der Waals surface area contributed by atoms with Gasteiger partial charge in [0.05, 0.1) is 13.2 Å². The zero-order chi connectivity index (χ0) is 13.9. The van der Waals surface area contributed by atoms with Crippen LogP contribution in [0.5, 0.6) is 0 Å². The van der Waals surface area contributed by atoms with Gasteiger partial charge in [0, 0.05) is 38.8 Å². The topological polar surface area (TPSA) is 15.7 Å². The fraction of sp³-hybridized carbons (Fsp3) is 0.647. The maximum Gasteiger partial charge on any atom is 0.0594 e. The van der Waals surface area contributed by atoms with Crippen LogP contribution >= 0.6 is 0 Å². The first kappa shape index (κ1) is 14.1. The first-order valence-electron chi connectivity index (χ1n) is 7.82. The molecule has 2 saturated heterocycles. The largest absolute Gasteiger partial charge is 0.379 e. The van der Waals surface area contributed by atoms with Crippen molar-refractivity contribution in [3.05, 3.63) is 34.9 Å². The minimum atomic E-state index is 0.740. The minimum absolute atomic E-state index is 0.740. The van der Waals surface area contributed by atoms with Crippen LogP contribution in [-0.4, -0.2) is 55.2 Å². The van der Waals surface area contributed by atoms with Crippen LogP contribution in [0.4, 0.5) is 0 Å². The third kappa shape index (κ3) is 3.22. The average molecular weight is 274 g/mol. The SMILES string of the molecule is Cc1ccc(CN2CCC(N3CCOCC3)C2)c(C)c1. The molecule has 2 heterocycles. The Labute approximate surface area is 122 Å². The summed E-state index contributed by atoms with van der Waals surface area (Å²) in [6, 6.07) is 7.57. The van der Waals surface area contributed by atoms with E-state index in [1.807, 2.05) is 0 Å². The van der Waals surface area contributed by atoms with Crippen molar-refractivity contribution < 1.29 is 4.74 Å². The van der Waals surface area contributed by atoms with Crippen LogP contribution in [0.3, 0.4) is 0 Å². The van der Waals surface area contributed by atoms with Gasteiger partial charge >= 0.3 is 0 Å². The van der Waals surface area contributed by atoms with Gasteiger partial charge in [-0.1, -0.05) is 23.8 Å². The molecule has 3 nitrogen and oxygen atoms in total. The standard InChI is InChI=1S/C17H26N2O/c1-14-3-4-16(15(2)11-14)12-18-6-5-17(13-18)19-7-9-20-10-8-19/h3-4,11,17H,5-10,12-13H2,1-2H3. The van der Waals surface area contributed by atoms with Gasteiger partial charge in [0.1, 0.15) is 0 Å². The molecule has 0 N–H and O–H groups in total. The average Bonchev–Trinajstić information content (AvgIpc) is 2.92. The van der Waals surface area contributed by atoms with E-state index >= 15 is 0 Å². The Morgan fingerprint density at radius 2 is 1.95 bits per heavy atom. The van der Waals surface area contributed by atoms with Crippen molar-refractivity contribution in [1.29, 1.82) is 0 Å². The van der Waals surface area contributed by atoms with Gasteiger partial charge in [0.15, 0.2) is 0 Å². The van der Waals surface area contributed by atoms with Crippen LogP contribution in [0.2, 0.25) is 0 Å². The van der Waals surface area contributed by atoms with E-state index < -0.39 is 0 Å². The molecule has 2 aliphatic heterocycles. The maximum atomic E-state index is 5.45. The molecule has 0 spiro atoms. The lowest BCUT2D eigenvalue weighted by molar-refractivity contribution is 0.0184. The molecule has 3 rings (SSSR count). The van der Waals surface area contributed by atoms with Crippen molar-refractivity contribution in [3.63, 3.8) is 0 Å². The van der Waals surface area contributed by atoms with Gasteiger partial charge in [0.2, 0.25) is 0 Å². The van der Waals surface area contributed by atoms with Crippen molar-refractivity contribution in [2.45, 2.75) is 32.9 Å². The van der Waals surface area contributed by atoms with Crippen molar-refractivity contribution in [3.8, 4) is 0 Å². The molecule has 20 heavy (non-hydrogen) atoms. The zero-order valence-corrected chi connectivity index (χ0v) is 12.8. The fourth-order valence-corrected chi connectivity index (χ4v) is 3.46. The molecule has 0 saturated carbocycles. The second kappa shape index (κ2) is 6.25. The van der Waals surface area contributed by atoms with Crippen molar-refractivity contribution >= 4 is 0 Å². The van der Waals surface area contributed by atoms with Crippen LogP contribution in [0.25, 0.3) is 0 Å². The summed E-state index contributed by atoms with van der Waals surface area (Å²) in [4.78, 5) is 5.23. The lowest BCUT2D eigenvalue weighted by Crippen LogP contribution is -2.44. The molecule has 1 aromatic carbocycles. The van der Waals surface area contributed by atoms with E-state index in [9.17, 15) is 0 Å². The lowest BCUT2D eigenvalue weighted by Gasteiger charge is -2.32. The molecular formula is C17H26N2O. The highest BCUT2D eigenvalue weighted by atomic mass is 16.5. The summed E-state index contributed by atoms with van der Waals surface area (Å²) in [7, 11) is 0. The number of ether oxygens (including phenoxy) is 1. The van der Waals surface area contributed by atoms with Gasteiger partial charge in [-0.2, -0.15) is 0 Å². The Bertz CT molecular complexity index is 454. The zero-order valence-electron chi connectivity index (χ0n) is 12.8. The Balaban J connectivity index is 1.57. The Hall–Kier alpha value is -0.900. The molecule has 110 valence electrons. The molecule has 1 aromatic rings. The van der Waals surface area contributed by atoms with Gasteiger partial charge in [-0.25, -0.2) is 0 Å². The maximum absolute atomic E-state index is 5.45. The number of aryl methyl sites for hydroxylation is 2. The van der Waals surface area contributed by atoms with Crippen molar-refractivity contribution in [2.24, 2.45) is 0 Å². The van der Waals surface area contributed by atoms with E-state index in [-0.39, 0.29) is 0 Å². The van der Waals surface area contributed by atoms with E-state index in [4.69, 9.17) is 4.74 Å². The van der Waals surface area contributed by atoms with Crippen molar-refractivity contribution in [2.75, 3.05) is 39.4 Å². The minimum Gasteiger partial charge on any atom is -0.379 e. The second-order valence-corrected chi connectivity index (χ2v) is 6.26. The van der Waals surface area contributed by atoms with Gasteiger partial charge in [-0.05, 0) is 31.4 Å². The van der Waals surface area contributed by atoms with Crippen LogP contribution in [0, 0.1) is 13.8 Å². The number of nitrogens with zero attached hydrogens (tertiary/aromatic N) is 2. The number of benzene rings is 1. The van der Waals surface area contributed by atoms with E-state index in [0.29, 0.717) is 0 Å². The highest BCUT2D eigenvalue weighted by molar-refractivity contribution is 5.30. The number of likely N-dealkylation sites (tertiary alicyclic amines) is 1. The van der Waals surface area contributed by atoms with E-state index in [1.54, 1.807) is 0 Å². The molecule has 1 atom stereocenters. The van der Waals surface area contributed by atoms with Crippen LogP contribution < -0.4 is 0 Å². The van der Waals surface area contributed by atoms with Gasteiger partial charge in [-0.15, -0.1) is 0 Å². The fourth-order valence-electron chi connectivity index (χ4n) is 3.46. The van der Waals surface area contributed by atoms with E-state index in [0.717, 1.165) is 38.9 Å². The van der Waals surface area contributed by atoms with Gasteiger partial charge in [0.25, 0.3) is 0 Å². The number of hydrogen-bond acceptors (Lipinski definition) is 3. The third-order valence-corrected chi connectivity index (χ3v) is 4.70. The molecule has 1 unspecified atom stereocenters. The highest BCUT2D eigenvalue weighted by Crippen LogP contribution is 2.20. The Morgan fingerprint density at radius 1 is 1.15 bits per heavy atom. The van der Waals surface area contributed by atoms with E-state index in [2.05, 4.69) is 41.8 Å². The Morgan fingerprint density at radius 3 is 2.70 bits per heavy atom. The lowest BCUT2D eigenvalue weighted by atomic mass is 10.1. The number of hydrogen-bond donors (Lipinski definition) is 0. The predicted molar refractivity (Wildman–Crippen MR) is 82.0 cm³/mol. The molecular weight excluding hydrogens is 248 g/mol. The summed E-state index contributed by atoms with van der Waals surface area (Å²) < 4.78 is 5.45. The van der Waals surface area contributed by atoms with Crippen molar-refractivity contribution in [1.82, 2.24) is 9.80 Å². The van der Waals surface area contributed by atoms with Gasteiger partial charge in [-0.3, -0.25) is 9.80 Å². The first-order chi connectivity index (χ1) is 9.72. The van der Waals surface area contributed by atoms with Gasteiger partial charge < -0.3 is 4.74 Å². The monoisotopic (exact) mass is 274 g/mol. The molecule has 2 aliphatic rings. The third-order valence-electron chi connectivity index (χ3n) is 4.70. The molecule has 2 fully saturated rings. The molecule has 3 heteroatoms. The summed E-state index contributed by atoms with van der Waals surface area (Å²) in [5, 5.41) is 0. The molecule has 0 radical (unpaired) electrons. The normalized spacial score (nSPS) is 25.2. The Kier molecular flexibility index (Phi) is 4.39. The van der Waals surface area contributed by atoms with Crippen LogP contribution in [-0.2, 0) is 11.3 Å². The van der Waals surface area contributed by atoms with E-state index in [1.165, 1.54) is 36.2 Å². The second-order valence-electron chi connectivity index (χ2n) is 6.26. The quantitative estimate of drug-likeness (QED) is 0.840. The molecule has 0 aromatic heterocycles.